The maximum Gasteiger partial charge on any atom is 0.408 e. The van der Waals surface area contributed by atoms with Crippen LogP contribution >= 0.6 is 0 Å². The molecule has 2 aromatic rings. The highest BCUT2D eigenvalue weighted by Gasteiger charge is 2.59. The Labute approximate surface area is 234 Å². The van der Waals surface area contributed by atoms with Crippen LogP contribution in [0.1, 0.15) is 44.7 Å². The minimum Gasteiger partial charge on any atom is -0.445 e. The molecule has 2 N–H and O–H groups in total. The lowest BCUT2D eigenvalue weighted by molar-refractivity contribution is -0.146. The lowest BCUT2D eigenvalue weighted by Crippen LogP contribution is -2.55. The highest BCUT2D eigenvalue weighted by atomic mass is 16.5. The Morgan fingerprint density at radius 2 is 1.82 bits per heavy atom. The molecule has 210 valence electrons. The molecule has 2 aliphatic rings. The summed E-state index contributed by atoms with van der Waals surface area (Å²) in [5.41, 5.74) is 1.27. The fourth-order valence-electron chi connectivity index (χ4n) is 5.48. The Balaban J connectivity index is 1.48. The first-order chi connectivity index (χ1) is 19.1. The van der Waals surface area contributed by atoms with Gasteiger partial charge in [0.1, 0.15) is 24.1 Å². The Hall–Kier alpha value is -4.39. The average Bonchev–Trinajstić information content (AvgIpc) is 3.47. The van der Waals surface area contributed by atoms with E-state index in [0.717, 1.165) is 11.1 Å². The van der Waals surface area contributed by atoms with Crippen LogP contribution in [-0.2, 0) is 31.1 Å². The molecule has 1 spiro atoms. The molecule has 40 heavy (non-hydrogen) atoms. The van der Waals surface area contributed by atoms with Crippen LogP contribution in [0.2, 0.25) is 0 Å². The summed E-state index contributed by atoms with van der Waals surface area (Å²) in [6, 6.07) is 14.7. The first-order valence-electron chi connectivity index (χ1n) is 13.4. The van der Waals surface area contributed by atoms with Gasteiger partial charge in [-0.1, -0.05) is 62.4 Å². The minimum atomic E-state index is -1.01. The summed E-state index contributed by atoms with van der Waals surface area (Å²) in [7, 11) is 1.52. The fraction of sp³-hybridized carbons (Fsp3) is 0.433. The molecule has 1 saturated heterocycles. The number of likely N-dealkylation sites (N-methyl/N-ethyl adjacent to an activating group) is 1. The first-order valence-corrected chi connectivity index (χ1v) is 13.4. The van der Waals surface area contributed by atoms with Crippen molar-refractivity contribution in [3.05, 3.63) is 77.1 Å². The van der Waals surface area contributed by atoms with E-state index in [1.54, 1.807) is 0 Å². The van der Waals surface area contributed by atoms with E-state index >= 15 is 0 Å². The second kappa shape index (κ2) is 11.8. The van der Waals surface area contributed by atoms with Gasteiger partial charge >= 0.3 is 12.3 Å². The van der Waals surface area contributed by atoms with Crippen molar-refractivity contribution in [1.29, 1.82) is 0 Å². The highest BCUT2D eigenvalue weighted by molar-refractivity contribution is 6.07. The molecule has 4 atom stereocenters. The van der Waals surface area contributed by atoms with Gasteiger partial charge in [0.15, 0.2) is 0 Å². The van der Waals surface area contributed by atoms with E-state index < -0.39 is 41.6 Å². The fourth-order valence-corrected chi connectivity index (χ4v) is 5.48. The van der Waals surface area contributed by atoms with Crippen molar-refractivity contribution in [2.75, 3.05) is 18.9 Å². The van der Waals surface area contributed by atoms with E-state index in [-0.39, 0.29) is 31.4 Å². The summed E-state index contributed by atoms with van der Waals surface area (Å²) in [5, 5.41) is 5.44. The van der Waals surface area contributed by atoms with Crippen LogP contribution in [0.3, 0.4) is 0 Å². The van der Waals surface area contributed by atoms with Crippen LogP contribution < -0.4 is 10.6 Å². The Kier molecular flexibility index (Phi) is 8.43. The molecule has 4 amide bonds. The largest absolute Gasteiger partial charge is 0.445 e. The van der Waals surface area contributed by atoms with E-state index in [1.807, 2.05) is 68.4 Å². The van der Waals surface area contributed by atoms with Crippen LogP contribution in [0, 0.1) is 12.5 Å². The number of anilines is 1. The molecule has 0 aromatic heterocycles. The van der Waals surface area contributed by atoms with E-state index in [1.165, 1.54) is 23.8 Å². The SMILES string of the molecule is [C-]#[N+][C@@H]1C[C@@]2(CN1C(=O)[C@H](CC(C)C)N(C)C(=O)[C@H](C)NC(=O)OCc1ccccc1)C(=O)Nc1ccccc12. The number of nitrogens with one attached hydrogen (secondary N) is 2. The number of carbonyl (C=O) groups is 4. The van der Waals surface area contributed by atoms with Crippen LogP contribution in [-0.4, -0.2) is 65.5 Å². The number of hydrogen-bond acceptors (Lipinski definition) is 5. The van der Waals surface area contributed by atoms with Gasteiger partial charge in [-0.2, -0.15) is 0 Å². The van der Waals surface area contributed by atoms with E-state index in [0.29, 0.717) is 12.1 Å². The molecule has 0 saturated carbocycles. The van der Waals surface area contributed by atoms with Crippen LogP contribution in [0.25, 0.3) is 4.85 Å². The van der Waals surface area contributed by atoms with E-state index in [2.05, 4.69) is 15.5 Å². The summed E-state index contributed by atoms with van der Waals surface area (Å²) >= 11 is 0. The summed E-state index contributed by atoms with van der Waals surface area (Å²) in [6.45, 7) is 13.3. The number of fused-ring (bicyclic) bond motifs is 2. The standard InChI is InChI=1S/C30H35N5O5/c1-19(2)15-24(34(5)26(36)20(3)32-29(39)40-17-21-11-7-6-8-12-21)27(37)35-18-30(16-25(35)31-4)22-13-9-10-14-23(22)33-28(30)38/h6-14,19-20,24-25H,15-18H2,1-3,5H3,(H,32,39)(H,33,38)/t20-,24-,25-,30-/m0/s1. The van der Waals surface area contributed by atoms with Crippen molar-refractivity contribution < 1.29 is 23.9 Å². The van der Waals surface area contributed by atoms with Gasteiger partial charge in [0.05, 0.1) is 6.42 Å². The number of likely N-dealkylation sites (tertiary alicyclic amines) is 1. The van der Waals surface area contributed by atoms with Crippen LogP contribution in [0.15, 0.2) is 54.6 Å². The smallest absolute Gasteiger partial charge is 0.408 e. The molecule has 0 radical (unpaired) electrons. The number of amides is 4. The Morgan fingerprint density at radius 1 is 1.15 bits per heavy atom. The van der Waals surface area contributed by atoms with Crippen molar-refractivity contribution >= 4 is 29.5 Å². The molecule has 2 aromatic carbocycles. The monoisotopic (exact) mass is 545 g/mol. The molecule has 0 aliphatic carbocycles. The minimum absolute atomic E-state index is 0.0535. The number of para-hydroxylation sites is 1. The summed E-state index contributed by atoms with van der Waals surface area (Å²) in [5.74, 6) is -1.03. The van der Waals surface area contributed by atoms with Crippen molar-refractivity contribution in [3.8, 4) is 0 Å². The quantitative estimate of drug-likeness (QED) is 0.493. The molecular weight excluding hydrogens is 510 g/mol. The molecule has 1 fully saturated rings. The third-order valence-electron chi connectivity index (χ3n) is 7.60. The zero-order valence-corrected chi connectivity index (χ0v) is 23.2. The van der Waals surface area contributed by atoms with Crippen molar-refractivity contribution in [3.63, 3.8) is 0 Å². The molecule has 10 nitrogen and oxygen atoms in total. The highest BCUT2D eigenvalue weighted by Crippen LogP contribution is 2.47. The third kappa shape index (κ3) is 5.64. The normalized spacial score (nSPS) is 20.9. The average molecular weight is 546 g/mol. The molecular formula is C30H35N5O5. The van der Waals surface area contributed by atoms with Crippen molar-refractivity contribution in [2.24, 2.45) is 5.92 Å². The number of nitrogens with zero attached hydrogens (tertiary/aromatic N) is 3. The van der Waals surface area contributed by atoms with Gasteiger partial charge in [0.25, 0.3) is 5.91 Å². The lowest BCUT2D eigenvalue weighted by atomic mass is 9.80. The second-order valence-corrected chi connectivity index (χ2v) is 10.9. The Morgan fingerprint density at radius 3 is 2.50 bits per heavy atom. The lowest BCUT2D eigenvalue weighted by Gasteiger charge is -2.33. The summed E-state index contributed by atoms with van der Waals surface area (Å²) < 4.78 is 5.24. The maximum absolute atomic E-state index is 14.0. The first kappa shape index (κ1) is 28.6. The van der Waals surface area contributed by atoms with Gasteiger partial charge in [-0.3, -0.25) is 24.1 Å². The number of ether oxygens (including phenoxy) is 1. The van der Waals surface area contributed by atoms with Gasteiger partial charge < -0.3 is 20.3 Å². The predicted octanol–water partition coefficient (Wildman–Crippen LogP) is 3.54. The molecule has 0 bridgehead atoms. The van der Waals surface area contributed by atoms with Crippen molar-refractivity contribution in [1.82, 2.24) is 15.1 Å². The van der Waals surface area contributed by atoms with E-state index in [9.17, 15) is 19.2 Å². The van der Waals surface area contributed by atoms with Crippen LogP contribution in [0.4, 0.5) is 10.5 Å². The molecule has 2 heterocycles. The number of rotatable bonds is 8. The number of carbonyl (C=O) groups excluding carboxylic acids is 4. The second-order valence-electron chi connectivity index (χ2n) is 10.9. The number of alkyl carbamates (subject to hydrolysis) is 1. The van der Waals surface area contributed by atoms with Crippen LogP contribution in [0.5, 0.6) is 0 Å². The zero-order chi connectivity index (χ0) is 29.0. The summed E-state index contributed by atoms with van der Waals surface area (Å²) in [4.78, 5) is 59.3. The zero-order valence-electron chi connectivity index (χ0n) is 23.2. The van der Waals surface area contributed by atoms with Gasteiger partial charge in [0.2, 0.25) is 11.8 Å². The van der Waals surface area contributed by atoms with Crippen molar-refractivity contribution in [2.45, 2.75) is 63.9 Å². The third-order valence-corrected chi connectivity index (χ3v) is 7.60. The number of benzene rings is 2. The molecule has 4 rings (SSSR count). The van der Waals surface area contributed by atoms with Gasteiger partial charge in [-0.25, -0.2) is 11.4 Å². The maximum atomic E-state index is 14.0. The molecule has 10 heteroatoms. The van der Waals surface area contributed by atoms with Gasteiger partial charge in [-0.05, 0) is 36.5 Å². The molecule has 2 aliphatic heterocycles. The van der Waals surface area contributed by atoms with E-state index in [4.69, 9.17) is 11.3 Å². The topological polar surface area (TPSA) is 112 Å². The predicted molar refractivity (Wildman–Crippen MR) is 149 cm³/mol. The molecule has 0 unspecified atom stereocenters. The number of hydrogen-bond donors (Lipinski definition) is 2. The summed E-state index contributed by atoms with van der Waals surface area (Å²) in [6.07, 6.45) is -1.05. The van der Waals surface area contributed by atoms with Gasteiger partial charge in [-0.15, -0.1) is 0 Å². The van der Waals surface area contributed by atoms with Gasteiger partial charge in [0, 0.05) is 19.3 Å². The Bertz CT molecular complexity index is 1320.